The zero-order valence-electron chi connectivity index (χ0n) is 18.7. The average Bonchev–Trinajstić information content (AvgIpc) is 3.36. The minimum atomic E-state index is -4.09. The zero-order chi connectivity index (χ0) is 24.4. The van der Waals surface area contributed by atoms with E-state index in [1.807, 2.05) is 24.3 Å². The van der Waals surface area contributed by atoms with Crippen molar-refractivity contribution in [3.05, 3.63) is 96.3 Å². The molecular weight excluding hydrogens is 469 g/mol. The maximum atomic E-state index is 13.5. The van der Waals surface area contributed by atoms with Crippen molar-refractivity contribution >= 4 is 21.6 Å². The second-order valence-corrected chi connectivity index (χ2v) is 9.96. The zero-order valence-corrected chi connectivity index (χ0v) is 19.5. The van der Waals surface area contributed by atoms with Gasteiger partial charge >= 0.3 is 0 Å². The van der Waals surface area contributed by atoms with E-state index in [1.54, 1.807) is 46.2 Å². The van der Waals surface area contributed by atoms with Crippen molar-refractivity contribution in [3.8, 4) is 11.5 Å². The number of benzene rings is 3. The van der Waals surface area contributed by atoms with Crippen LogP contribution >= 0.6 is 0 Å². The van der Waals surface area contributed by atoms with Gasteiger partial charge < -0.3 is 14.2 Å². The molecule has 3 aromatic carbocycles. The fourth-order valence-electron chi connectivity index (χ4n) is 3.98. The van der Waals surface area contributed by atoms with Crippen molar-refractivity contribution in [2.45, 2.75) is 9.92 Å². The molecule has 0 radical (unpaired) electrons. The molecule has 1 amide bonds. The Balaban J connectivity index is 1.47. The number of amides is 1. The van der Waals surface area contributed by atoms with E-state index in [1.165, 1.54) is 12.1 Å². The predicted octanol–water partition coefficient (Wildman–Crippen LogP) is 4.28. The van der Waals surface area contributed by atoms with Crippen LogP contribution in [0, 0.1) is 5.82 Å². The summed E-state index contributed by atoms with van der Waals surface area (Å²) in [5.41, 5.74) is 1.23. The Hall–Kier alpha value is -3.98. The number of rotatable bonds is 5. The smallest absolute Gasteiger partial charge is 0.253 e. The van der Waals surface area contributed by atoms with E-state index in [0.717, 1.165) is 12.1 Å². The summed E-state index contributed by atoms with van der Waals surface area (Å²) in [5, 5.41) is -0.231. The Morgan fingerprint density at radius 3 is 2.06 bits per heavy atom. The molecule has 0 spiro atoms. The molecule has 1 aliphatic heterocycles. The second-order valence-electron chi connectivity index (χ2n) is 8.10. The summed E-state index contributed by atoms with van der Waals surface area (Å²) in [7, 11) is -4.09. The van der Waals surface area contributed by atoms with Crippen molar-refractivity contribution < 1.29 is 22.0 Å². The molecule has 5 rings (SSSR count). The van der Waals surface area contributed by atoms with Gasteiger partial charge in [-0.2, -0.15) is 4.98 Å². The number of hydrogen-bond acceptors (Lipinski definition) is 6. The van der Waals surface area contributed by atoms with E-state index in [4.69, 9.17) is 4.42 Å². The largest absolute Gasteiger partial charge is 0.419 e. The summed E-state index contributed by atoms with van der Waals surface area (Å²) in [6.07, 6.45) is 0. The number of nitrogens with zero attached hydrogens (tertiary/aromatic N) is 3. The third-order valence-corrected chi connectivity index (χ3v) is 7.52. The fourth-order valence-corrected chi connectivity index (χ4v) is 5.30. The van der Waals surface area contributed by atoms with Crippen molar-refractivity contribution in [2.24, 2.45) is 0 Å². The monoisotopic (exact) mass is 491 g/mol. The van der Waals surface area contributed by atoms with Crippen LogP contribution in [0.1, 0.15) is 10.4 Å². The summed E-state index contributed by atoms with van der Waals surface area (Å²) >= 11 is 0. The SMILES string of the molecule is O=C(c1ccccc1)N1CCN(c2oc(-c3ccccc3)nc2S(=O)(=O)c2ccc(F)cc2)CC1. The lowest BCUT2D eigenvalue weighted by Crippen LogP contribution is -2.49. The maximum Gasteiger partial charge on any atom is 0.253 e. The van der Waals surface area contributed by atoms with Gasteiger partial charge in [-0.15, -0.1) is 0 Å². The number of sulfone groups is 1. The van der Waals surface area contributed by atoms with Crippen LogP contribution in [0.2, 0.25) is 0 Å². The fraction of sp³-hybridized carbons (Fsp3) is 0.154. The first-order valence-electron chi connectivity index (χ1n) is 11.1. The number of carbonyl (C=O) groups is 1. The molecule has 9 heteroatoms. The molecule has 0 unspecified atom stereocenters. The predicted molar refractivity (Wildman–Crippen MR) is 128 cm³/mol. The number of piperazine rings is 1. The highest BCUT2D eigenvalue weighted by Crippen LogP contribution is 2.35. The van der Waals surface area contributed by atoms with Gasteiger partial charge in [0.15, 0.2) is 0 Å². The molecule has 1 fully saturated rings. The minimum absolute atomic E-state index is 0.0769. The molecule has 178 valence electrons. The van der Waals surface area contributed by atoms with Crippen molar-refractivity contribution in [2.75, 3.05) is 31.1 Å². The van der Waals surface area contributed by atoms with Crippen LogP contribution in [0.4, 0.5) is 10.3 Å². The molecule has 35 heavy (non-hydrogen) atoms. The molecular formula is C26H22FN3O4S. The van der Waals surface area contributed by atoms with Gasteiger partial charge in [-0.3, -0.25) is 4.79 Å². The van der Waals surface area contributed by atoms with Crippen LogP contribution in [0.25, 0.3) is 11.5 Å². The maximum absolute atomic E-state index is 13.5. The lowest BCUT2D eigenvalue weighted by Gasteiger charge is -2.34. The second kappa shape index (κ2) is 9.34. The van der Waals surface area contributed by atoms with Crippen LogP contribution in [0.5, 0.6) is 0 Å². The molecule has 4 aromatic rings. The van der Waals surface area contributed by atoms with Crippen LogP contribution in [-0.4, -0.2) is 50.4 Å². The third kappa shape index (κ3) is 4.54. The van der Waals surface area contributed by atoms with Crippen molar-refractivity contribution in [1.82, 2.24) is 9.88 Å². The van der Waals surface area contributed by atoms with E-state index in [2.05, 4.69) is 4.98 Å². The first-order chi connectivity index (χ1) is 16.9. The lowest BCUT2D eigenvalue weighted by molar-refractivity contribution is 0.0745. The van der Waals surface area contributed by atoms with E-state index in [-0.39, 0.29) is 27.6 Å². The van der Waals surface area contributed by atoms with Gasteiger partial charge in [0.1, 0.15) is 5.82 Å². The van der Waals surface area contributed by atoms with Gasteiger partial charge in [-0.1, -0.05) is 36.4 Å². The summed E-state index contributed by atoms with van der Waals surface area (Å²) in [6.45, 7) is 1.53. The summed E-state index contributed by atoms with van der Waals surface area (Å²) in [5.74, 6) is -0.329. The average molecular weight is 492 g/mol. The Morgan fingerprint density at radius 1 is 0.829 bits per heavy atom. The highest BCUT2D eigenvalue weighted by Gasteiger charge is 2.33. The molecule has 2 heterocycles. The lowest BCUT2D eigenvalue weighted by atomic mass is 10.2. The Labute approximate surface area is 202 Å². The van der Waals surface area contributed by atoms with Crippen molar-refractivity contribution in [1.29, 1.82) is 0 Å². The summed E-state index contributed by atoms with van der Waals surface area (Å²) < 4.78 is 46.4. The van der Waals surface area contributed by atoms with Gasteiger partial charge in [0.25, 0.3) is 5.91 Å². The molecule has 0 bridgehead atoms. The van der Waals surface area contributed by atoms with Gasteiger partial charge in [-0.25, -0.2) is 12.8 Å². The van der Waals surface area contributed by atoms with Gasteiger partial charge in [0.2, 0.25) is 26.6 Å². The molecule has 0 saturated carbocycles. The molecule has 0 aliphatic carbocycles. The number of hydrogen-bond donors (Lipinski definition) is 0. The summed E-state index contributed by atoms with van der Waals surface area (Å²) in [6, 6.07) is 22.6. The van der Waals surface area contributed by atoms with Crippen LogP contribution in [0.3, 0.4) is 0 Å². The number of anilines is 1. The van der Waals surface area contributed by atoms with Crippen LogP contribution < -0.4 is 4.90 Å². The topological polar surface area (TPSA) is 83.7 Å². The van der Waals surface area contributed by atoms with Crippen molar-refractivity contribution in [3.63, 3.8) is 0 Å². The molecule has 7 nitrogen and oxygen atoms in total. The highest BCUT2D eigenvalue weighted by molar-refractivity contribution is 7.91. The highest BCUT2D eigenvalue weighted by atomic mass is 32.2. The van der Waals surface area contributed by atoms with E-state index in [0.29, 0.717) is 37.3 Å². The Morgan fingerprint density at radius 2 is 1.43 bits per heavy atom. The summed E-state index contributed by atoms with van der Waals surface area (Å²) in [4.78, 5) is 20.6. The van der Waals surface area contributed by atoms with Gasteiger partial charge in [0.05, 0.1) is 4.90 Å². The number of carbonyl (C=O) groups excluding carboxylic acids is 1. The van der Waals surface area contributed by atoms with Crippen LogP contribution in [0.15, 0.2) is 99.3 Å². The standard InChI is InChI=1S/C26H22FN3O4S/c27-21-11-13-22(14-12-21)35(32,33)24-26(34-23(28-24)19-7-3-1-4-8-19)30-17-15-29(16-18-30)25(31)20-9-5-2-6-10-20/h1-14H,15-18H2. The van der Waals surface area contributed by atoms with Gasteiger partial charge in [-0.05, 0) is 48.5 Å². The Bertz CT molecular complexity index is 1430. The Kier molecular flexibility index (Phi) is 6.08. The van der Waals surface area contributed by atoms with Crippen LogP contribution in [-0.2, 0) is 9.84 Å². The number of aromatic nitrogens is 1. The van der Waals surface area contributed by atoms with E-state index < -0.39 is 15.7 Å². The molecule has 1 aliphatic rings. The normalized spacial score (nSPS) is 14.2. The minimum Gasteiger partial charge on any atom is -0.419 e. The number of oxazole rings is 1. The third-order valence-electron chi connectivity index (χ3n) is 5.85. The van der Waals surface area contributed by atoms with E-state index >= 15 is 0 Å². The first kappa shape index (κ1) is 22.8. The number of halogens is 1. The van der Waals surface area contributed by atoms with Gasteiger partial charge in [0, 0.05) is 37.3 Å². The quantitative estimate of drug-likeness (QED) is 0.388. The first-order valence-corrected chi connectivity index (χ1v) is 12.6. The molecule has 1 aromatic heterocycles. The van der Waals surface area contributed by atoms with E-state index in [9.17, 15) is 17.6 Å². The molecule has 0 N–H and O–H groups in total. The molecule has 1 saturated heterocycles. The molecule has 0 atom stereocenters.